The highest BCUT2D eigenvalue weighted by Gasteiger charge is 2.86. The number of allylic oxidation sites excluding steroid dienone is 1. The number of aliphatic hydroxyl groups is 4. The van der Waals surface area contributed by atoms with Crippen molar-refractivity contribution in [1.29, 1.82) is 0 Å². The third-order valence-corrected chi connectivity index (χ3v) is 9.22. The van der Waals surface area contributed by atoms with Crippen molar-refractivity contribution >= 4 is 11.8 Å². The molecule has 0 radical (unpaired) electrons. The molecule has 4 aliphatic carbocycles. The molecule has 2 spiro atoms. The molecule has 4 N–H and O–H groups in total. The van der Waals surface area contributed by atoms with Crippen molar-refractivity contribution in [2.45, 2.75) is 63.6 Å². The van der Waals surface area contributed by atoms with E-state index in [-0.39, 0.29) is 31.3 Å². The van der Waals surface area contributed by atoms with Gasteiger partial charge in [-0.05, 0) is 37.2 Å². The molecule has 6 rings (SSSR count). The molecular weight excluding hydrogens is 392 g/mol. The van der Waals surface area contributed by atoms with Crippen LogP contribution in [0.15, 0.2) is 12.2 Å². The summed E-state index contributed by atoms with van der Waals surface area (Å²) in [7, 11) is 0. The first-order valence-electron chi connectivity index (χ1n) is 10.7. The Hall–Kier alpha value is -1.32. The Morgan fingerprint density at radius 2 is 2.00 bits per heavy atom. The highest BCUT2D eigenvalue weighted by molar-refractivity contribution is 6.04. The molecule has 30 heavy (non-hydrogen) atoms. The summed E-state index contributed by atoms with van der Waals surface area (Å²) in [6, 6.07) is 0. The number of carbonyl (C=O) groups excluding carboxylic acids is 2. The smallest absolute Gasteiger partial charge is 0.302 e. The molecule has 2 heterocycles. The molecule has 2 saturated heterocycles. The van der Waals surface area contributed by atoms with Crippen molar-refractivity contribution < 1.29 is 39.5 Å². The summed E-state index contributed by atoms with van der Waals surface area (Å²) >= 11 is 0. The molecule has 8 heteroatoms. The zero-order chi connectivity index (χ0) is 21.9. The van der Waals surface area contributed by atoms with E-state index in [1.54, 1.807) is 0 Å². The molecule has 0 aromatic carbocycles. The normalized spacial score (nSPS) is 56.5. The molecule has 2 aliphatic heterocycles. The van der Waals surface area contributed by atoms with Gasteiger partial charge in [-0.1, -0.05) is 13.5 Å². The lowest BCUT2D eigenvalue weighted by Crippen LogP contribution is -2.85. The van der Waals surface area contributed by atoms with Crippen LogP contribution in [0.5, 0.6) is 0 Å². The summed E-state index contributed by atoms with van der Waals surface area (Å²) in [6.45, 7) is 7.00. The minimum atomic E-state index is -2.20. The first-order chi connectivity index (χ1) is 14.0. The topological polar surface area (TPSA) is 134 Å². The predicted molar refractivity (Wildman–Crippen MR) is 102 cm³/mol. The van der Waals surface area contributed by atoms with Crippen LogP contribution in [0.4, 0.5) is 0 Å². The predicted octanol–water partition coefficient (Wildman–Crippen LogP) is -0.0812. The molecule has 166 valence electrons. The number of hydrogen-bond acceptors (Lipinski definition) is 8. The molecule has 4 bridgehead atoms. The molecule has 6 aliphatic rings. The van der Waals surface area contributed by atoms with Crippen LogP contribution in [0.25, 0.3) is 0 Å². The Kier molecular flexibility index (Phi) is 4.06. The molecule has 0 aromatic rings. The van der Waals surface area contributed by atoms with Crippen LogP contribution in [0.2, 0.25) is 0 Å². The van der Waals surface area contributed by atoms with Gasteiger partial charge in [0, 0.05) is 29.6 Å². The van der Waals surface area contributed by atoms with Crippen molar-refractivity contribution in [3.63, 3.8) is 0 Å². The highest BCUT2D eigenvalue weighted by atomic mass is 16.6. The number of ether oxygens (including phenoxy) is 2. The number of hydrogen-bond donors (Lipinski definition) is 4. The number of aliphatic hydroxyl groups excluding tert-OH is 3. The lowest BCUT2D eigenvalue weighted by Gasteiger charge is -2.74. The lowest BCUT2D eigenvalue weighted by atomic mass is 9.35. The van der Waals surface area contributed by atoms with Crippen LogP contribution in [0, 0.1) is 34.0 Å². The van der Waals surface area contributed by atoms with Gasteiger partial charge in [0.15, 0.2) is 5.78 Å². The standard InChI is InChI=1S/C22H30O8/c1-10-12-6-13(24)15-20-9-30-22(28,21(15,7-12)17(10)26)18(27)16(20)19(3,5-4-14(20)25)8-29-11(2)23/h12-16,18,24-25,27-28H,1,4-9H2,2-3H3/t12-,13-,14+,15+,16-,18+,19+,20+,21-,22-/m1/s1. The van der Waals surface area contributed by atoms with Crippen LogP contribution in [-0.2, 0) is 19.1 Å². The monoisotopic (exact) mass is 422 g/mol. The summed E-state index contributed by atoms with van der Waals surface area (Å²) in [5.41, 5.74) is -3.11. The van der Waals surface area contributed by atoms with Crippen molar-refractivity contribution in [2.75, 3.05) is 13.2 Å². The van der Waals surface area contributed by atoms with E-state index < -0.39 is 58.1 Å². The number of carbonyl (C=O) groups is 2. The van der Waals surface area contributed by atoms with Crippen LogP contribution in [0.3, 0.4) is 0 Å². The van der Waals surface area contributed by atoms with Gasteiger partial charge in [-0.15, -0.1) is 0 Å². The van der Waals surface area contributed by atoms with Crippen LogP contribution >= 0.6 is 0 Å². The average molecular weight is 422 g/mol. The van der Waals surface area contributed by atoms with Gasteiger partial charge in [0.05, 0.1) is 30.8 Å². The minimum Gasteiger partial charge on any atom is -0.465 e. The number of esters is 1. The zero-order valence-electron chi connectivity index (χ0n) is 17.3. The minimum absolute atomic E-state index is 0.00764. The van der Waals surface area contributed by atoms with Crippen molar-refractivity contribution in [1.82, 2.24) is 0 Å². The Bertz CT molecular complexity index is 841. The van der Waals surface area contributed by atoms with E-state index in [1.165, 1.54) is 6.92 Å². The molecular formula is C22H30O8. The van der Waals surface area contributed by atoms with Crippen LogP contribution in [-0.4, -0.2) is 69.5 Å². The van der Waals surface area contributed by atoms with E-state index >= 15 is 0 Å². The summed E-state index contributed by atoms with van der Waals surface area (Å²) in [4.78, 5) is 25.0. The fourth-order valence-corrected chi connectivity index (χ4v) is 8.14. The summed E-state index contributed by atoms with van der Waals surface area (Å²) < 4.78 is 11.2. The van der Waals surface area contributed by atoms with Crippen LogP contribution < -0.4 is 0 Å². The second-order valence-corrected chi connectivity index (χ2v) is 10.5. The summed E-state index contributed by atoms with van der Waals surface area (Å²) in [5, 5.41) is 45.8. The van der Waals surface area contributed by atoms with E-state index in [1.807, 2.05) is 6.92 Å². The van der Waals surface area contributed by atoms with Gasteiger partial charge in [0.2, 0.25) is 5.79 Å². The molecule has 0 unspecified atom stereocenters. The van der Waals surface area contributed by atoms with E-state index in [9.17, 15) is 30.0 Å². The van der Waals surface area contributed by atoms with Gasteiger partial charge < -0.3 is 29.9 Å². The van der Waals surface area contributed by atoms with Gasteiger partial charge in [-0.2, -0.15) is 0 Å². The van der Waals surface area contributed by atoms with E-state index in [0.29, 0.717) is 24.8 Å². The largest absolute Gasteiger partial charge is 0.465 e. The number of ketones is 1. The maximum atomic E-state index is 13.5. The van der Waals surface area contributed by atoms with Gasteiger partial charge >= 0.3 is 5.97 Å². The van der Waals surface area contributed by atoms with Gasteiger partial charge in [0.1, 0.15) is 6.10 Å². The quantitative estimate of drug-likeness (QED) is 0.359. The number of rotatable bonds is 2. The third-order valence-electron chi connectivity index (χ3n) is 9.22. The second kappa shape index (κ2) is 5.92. The van der Waals surface area contributed by atoms with E-state index in [0.717, 1.165) is 0 Å². The van der Waals surface area contributed by atoms with Gasteiger partial charge in [-0.3, -0.25) is 9.59 Å². The SMILES string of the molecule is C=C1C(=O)[C@@]23C[C@H]1C[C@@H](O)[C@H]2[C@@]12CO[C@]3(O)[C@@H](O)[C@@H]1[C@](C)(COC(C)=O)CC[C@@H]2O. The van der Waals surface area contributed by atoms with Crippen molar-refractivity contribution in [3.8, 4) is 0 Å². The summed E-state index contributed by atoms with van der Waals surface area (Å²) in [5.74, 6) is -4.84. The third kappa shape index (κ3) is 2.00. The maximum Gasteiger partial charge on any atom is 0.302 e. The Balaban J connectivity index is 1.72. The molecule has 0 aromatic heterocycles. The summed E-state index contributed by atoms with van der Waals surface area (Å²) in [6.07, 6.45) is -2.02. The first kappa shape index (κ1) is 20.6. The molecule has 6 fully saturated rings. The molecule has 0 amide bonds. The fraction of sp³-hybridized carbons (Fsp3) is 0.818. The van der Waals surface area contributed by atoms with Crippen molar-refractivity contribution in [2.24, 2.45) is 34.0 Å². The Morgan fingerprint density at radius 3 is 2.67 bits per heavy atom. The zero-order valence-corrected chi connectivity index (χ0v) is 17.3. The number of fused-ring (bicyclic) bond motifs is 2. The Morgan fingerprint density at radius 1 is 1.30 bits per heavy atom. The fourth-order valence-electron chi connectivity index (χ4n) is 8.14. The van der Waals surface area contributed by atoms with Gasteiger partial charge in [0.25, 0.3) is 0 Å². The van der Waals surface area contributed by atoms with Gasteiger partial charge in [-0.25, -0.2) is 0 Å². The second-order valence-electron chi connectivity index (χ2n) is 10.5. The van der Waals surface area contributed by atoms with Crippen LogP contribution in [0.1, 0.15) is 39.5 Å². The van der Waals surface area contributed by atoms with Crippen molar-refractivity contribution in [3.05, 3.63) is 12.2 Å². The Labute approximate surface area is 174 Å². The average Bonchev–Trinajstić information content (AvgIpc) is 2.88. The molecule has 10 atom stereocenters. The maximum absolute atomic E-state index is 13.5. The molecule has 8 nitrogen and oxygen atoms in total. The van der Waals surface area contributed by atoms with E-state index in [2.05, 4.69) is 6.58 Å². The highest BCUT2D eigenvalue weighted by Crippen LogP contribution is 2.76. The van der Waals surface area contributed by atoms with E-state index in [4.69, 9.17) is 9.47 Å². The molecule has 4 saturated carbocycles. The first-order valence-corrected chi connectivity index (χ1v) is 10.7. The lowest BCUT2D eigenvalue weighted by molar-refractivity contribution is -0.457. The number of Topliss-reactive ketones (excluding diaryl/α,β-unsaturated/α-hetero) is 1.